The molecule has 0 heterocycles. The van der Waals surface area contributed by atoms with Gasteiger partial charge in [0.05, 0.1) is 12.5 Å². The first-order valence-corrected chi connectivity index (χ1v) is 7.02. The van der Waals surface area contributed by atoms with Crippen LogP contribution in [-0.4, -0.2) is 34.6 Å². The van der Waals surface area contributed by atoms with Crippen LogP contribution in [0.1, 0.15) is 38.8 Å². The second-order valence-electron chi connectivity index (χ2n) is 5.72. The number of carboxylic acid groups (broad SMARTS) is 1. The average Bonchev–Trinajstić information content (AvgIpc) is 2.35. The third-order valence-electron chi connectivity index (χ3n) is 3.29. The zero-order chi connectivity index (χ0) is 16.2. The number of carbonyl (C=O) groups excluding carboxylic acids is 1. The molecular weight excluding hydrogens is 292 g/mol. The first-order chi connectivity index (χ1) is 9.62. The molecule has 0 bridgehead atoms. The van der Waals surface area contributed by atoms with Gasteiger partial charge in [0.1, 0.15) is 0 Å². The molecule has 0 aliphatic carbocycles. The maximum Gasteiger partial charge on any atom is 0.318 e. The van der Waals surface area contributed by atoms with Crippen molar-refractivity contribution in [1.82, 2.24) is 10.2 Å². The van der Waals surface area contributed by atoms with Crippen molar-refractivity contribution in [2.24, 2.45) is 0 Å². The van der Waals surface area contributed by atoms with Crippen LogP contribution in [0.4, 0.5) is 4.79 Å². The van der Waals surface area contributed by atoms with Gasteiger partial charge in [0.25, 0.3) is 0 Å². The summed E-state index contributed by atoms with van der Waals surface area (Å²) in [5.41, 5.74) is 0.143. The molecule has 0 radical (unpaired) electrons. The fraction of sp³-hybridized carbons (Fsp3) is 0.467. The Labute approximate surface area is 129 Å². The number of hydrogen-bond acceptors (Lipinski definition) is 2. The molecule has 116 valence electrons. The third kappa shape index (κ3) is 5.27. The van der Waals surface area contributed by atoms with Gasteiger partial charge in [-0.05, 0) is 38.5 Å². The number of aliphatic carboxylic acids is 1. The Hall–Kier alpha value is -1.75. The molecule has 0 aromatic heterocycles. The van der Waals surface area contributed by atoms with Crippen molar-refractivity contribution in [3.05, 3.63) is 34.9 Å². The van der Waals surface area contributed by atoms with Crippen LogP contribution in [0.25, 0.3) is 0 Å². The largest absolute Gasteiger partial charge is 0.481 e. The number of rotatable bonds is 5. The van der Waals surface area contributed by atoms with E-state index in [1.54, 1.807) is 33.0 Å². The summed E-state index contributed by atoms with van der Waals surface area (Å²) >= 11 is 5.85. The van der Waals surface area contributed by atoms with E-state index in [0.717, 1.165) is 5.56 Å². The number of amides is 2. The summed E-state index contributed by atoms with van der Waals surface area (Å²) in [5, 5.41) is 12.2. The molecular formula is C15H21ClN2O3. The smallest absolute Gasteiger partial charge is 0.318 e. The molecule has 6 heteroatoms. The highest BCUT2D eigenvalue weighted by Crippen LogP contribution is 2.21. The molecule has 0 saturated heterocycles. The van der Waals surface area contributed by atoms with Crippen LogP contribution in [0.3, 0.4) is 0 Å². The van der Waals surface area contributed by atoms with Crippen molar-refractivity contribution in [2.75, 3.05) is 7.05 Å². The molecule has 1 unspecified atom stereocenters. The minimum absolute atomic E-state index is 0.137. The van der Waals surface area contributed by atoms with E-state index in [2.05, 4.69) is 5.32 Å². The number of nitrogens with one attached hydrogen (secondary N) is 1. The van der Waals surface area contributed by atoms with E-state index < -0.39 is 11.5 Å². The number of urea groups is 1. The lowest BCUT2D eigenvalue weighted by Gasteiger charge is -2.31. The predicted octanol–water partition coefficient (Wildman–Crippen LogP) is 3.30. The van der Waals surface area contributed by atoms with Gasteiger partial charge in [0.15, 0.2) is 0 Å². The quantitative estimate of drug-likeness (QED) is 0.876. The maximum atomic E-state index is 12.2. The van der Waals surface area contributed by atoms with Crippen LogP contribution >= 0.6 is 11.6 Å². The molecule has 1 aromatic carbocycles. The van der Waals surface area contributed by atoms with Gasteiger partial charge in [-0.25, -0.2) is 4.79 Å². The Balaban J connectivity index is 2.73. The number of nitrogens with zero attached hydrogens (tertiary/aromatic N) is 1. The Morgan fingerprint density at radius 3 is 2.33 bits per heavy atom. The summed E-state index contributed by atoms with van der Waals surface area (Å²) in [7, 11) is 1.67. The van der Waals surface area contributed by atoms with Crippen LogP contribution < -0.4 is 5.32 Å². The van der Waals surface area contributed by atoms with Crippen LogP contribution in [0, 0.1) is 0 Å². The highest BCUT2D eigenvalue weighted by atomic mass is 35.5. The molecule has 21 heavy (non-hydrogen) atoms. The van der Waals surface area contributed by atoms with Crippen molar-refractivity contribution in [3.8, 4) is 0 Å². The minimum atomic E-state index is -0.950. The van der Waals surface area contributed by atoms with Crippen molar-refractivity contribution >= 4 is 23.6 Å². The molecule has 2 N–H and O–H groups in total. The number of carbonyl (C=O) groups is 2. The first-order valence-electron chi connectivity index (χ1n) is 6.64. The van der Waals surface area contributed by atoms with Gasteiger partial charge in [-0.15, -0.1) is 0 Å². The van der Waals surface area contributed by atoms with Crippen molar-refractivity contribution in [1.29, 1.82) is 0 Å². The normalized spacial score (nSPS) is 12.6. The topological polar surface area (TPSA) is 69.6 Å². The van der Waals surface area contributed by atoms with Crippen LogP contribution in [-0.2, 0) is 4.79 Å². The lowest BCUT2D eigenvalue weighted by molar-refractivity contribution is -0.138. The Kier molecular flexibility index (Phi) is 5.61. The summed E-state index contributed by atoms with van der Waals surface area (Å²) in [6.07, 6.45) is -0.137. The second kappa shape index (κ2) is 6.80. The lowest BCUT2D eigenvalue weighted by atomic mass is 10.0. The van der Waals surface area contributed by atoms with Crippen LogP contribution in [0.2, 0.25) is 5.02 Å². The van der Waals surface area contributed by atoms with Gasteiger partial charge < -0.3 is 15.3 Å². The molecule has 0 spiro atoms. The van der Waals surface area contributed by atoms with Gasteiger partial charge in [-0.1, -0.05) is 23.7 Å². The number of halogens is 1. The summed E-state index contributed by atoms with van der Waals surface area (Å²) in [4.78, 5) is 24.5. The maximum absolute atomic E-state index is 12.2. The van der Waals surface area contributed by atoms with E-state index in [-0.39, 0.29) is 18.5 Å². The summed E-state index contributed by atoms with van der Waals surface area (Å²) in [6, 6.07) is 6.80. The molecule has 1 rings (SSSR count). The molecule has 0 saturated carbocycles. The van der Waals surface area contributed by atoms with Gasteiger partial charge in [0, 0.05) is 17.6 Å². The number of hydrogen-bond donors (Lipinski definition) is 2. The lowest BCUT2D eigenvalue weighted by Crippen LogP contribution is -2.50. The van der Waals surface area contributed by atoms with Gasteiger partial charge in [-0.2, -0.15) is 0 Å². The van der Waals surface area contributed by atoms with Crippen LogP contribution in [0.15, 0.2) is 24.3 Å². The SMILES string of the molecule is CC(c1ccc(Cl)cc1)N(C)C(=O)NC(C)(C)CC(=O)O. The molecule has 0 aliphatic rings. The van der Waals surface area contributed by atoms with Gasteiger partial charge >= 0.3 is 12.0 Å². The fourth-order valence-electron chi connectivity index (χ4n) is 1.94. The highest BCUT2D eigenvalue weighted by Gasteiger charge is 2.27. The molecule has 5 nitrogen and oxygen atoms in total. The molecule has 0 aliphatic heterocycles. The van der Waals surface area contributed by atoms with E-state index in [1.807, 2.05) is 19.1 Å². The molecule has 2 amide bonds. The summed E-state index contributed by atoms with van der Waals surface area (Å²) in [5.74, 6) is -0.950. The fourth-order valence-corrected chi connectivity index (χ4v) is 2.07. The molecule has 1 aromatic rings. The monoisotopic (exact) mass is 312 g/mol. The summed E-state index contributed by atoms with van der Waals surface area (Å²) in [6.45, 7) is 5.26. The summed E-state index contributed by atoms with van der Waals surface area (Å²) < 4.78 is 0. The zero-order valence-electron chi connectivity index (χ0n) is 12.7. The molecule has 0 fully saturated rings. The Morgan fingerprint density at radius 1 is 1.33 bits per heavy atom. The minimum Gasteiger partial charge on any atom is -0.481 e. The Morgan fingerprint density at radius 2 is 1.86 bits per heavy atom. The number of carboxylic acids is 1. The average molecular weight is 313 g/mol. The van der Waals surface area contributed by atoms with Crippen molar-refractivity contribution < 1.29 is 14.7 Å². The van der Waals surface area contributed by atoms with E-state index in [4.69, 9.17) is 16.7 Å². The molecule has 1 atom stereocenters. The zero-order valence-corrected chi connectivity index (χ0v) is 13.4. The first kappa shape index (κ1) is 17.3. The third-order valence-corrected chi connectivity index (χ3v) is 3.54. The number of benzene rings is 1. The van der Waals surface area contributed by atoms with Crippen molar-refractivity contribution in [2.45, 2.75) is 38.8 Å². The second-order valence-corrected chi connectivity index (χ2v) is 6.16. The van der Waals surface area contributed by atoms with Crippen molar-refractivity contribution in [3.63, 3.8) is 0 Å². The van der Waals surface area contributed by atoms with E-state index >= 15 is 0 Å². The van der Waals surface area contributed by atoms with Crippen LogP contribution in [0.5, 0.6) is 0 Å². The Bertz CT molecular complexity index is 514. The standard InChI is InChI=1S/C15H21ClN2O3/c1-10(11-5-7-12(16)8-6-11)18(4)14(21)17-15(2,3)9-13(19)20/h5-8,10H,9H2,1-4H3,(H,17,21)(H,19,20). The predicted molar refractivity (Wildman–Crippen MR) is 82.5 cm³/mol. The van der Waals surface area contributed by atoms with E-state index in [1.165, 1.54) is 4.90 Å². The van der Waals surface area contributed by atoms with E-state index in [9.17, 15) is 9.59 Å². The van der Waals surface area contributed by atoms with Gasteiger partial charge in [0.2, 0.25) is 0 Å². The highest BCUT2D eigenvalue weighted by molar-refractivity contribution is 6.30. The van der Waals surface area contributed by atoms with Gasteiger partial charge in [-0.3, -0.25) is 4.79 Å². The van der Waals surface area contributed by atoms with E-state index in [0.29, 0.717) is 5.02 Å².